The molecule has 0 saturated heterocycles. The standard InChI is InChI=1S/C26H22O12/c1-10-5-13(7-15(27)19(10)23(31)32)37-25(34)20-11(2)6-14(8-16(20)28)38-26(35)22-12(3)21(24(33)36-4)17(29)9-18(22)30/h5-9,27-30H,1-4H3,(H,31,32). The van der Waals surface area contributed by atoms with Gasteiger partial charge in [0.25, 0.3) is 0 Å². The Hall–Kier alpha value is -5.26. The Morgan fingerprint density at radius 1 is 0.579 bits per heavy atom. The summed E-state index contributed by atoms with van der Waals surface area (Å²) in [6, 6.07) is 5.09. The van der Waals surface area contributed by atoms with E-state index < -0.39 is 52.4 Å². The summed E-state index contributed by atoms with van der Waals surface area (Å²) in [6.45, 7) is 4.09. The maximum absolute atomic E-state index is 12.8. The van der Waals surface area contributed by atoms with E-state index in [2.05, 4.69) is 4.74 Å². The fourth-order valence-corrected chi connectivity index (χ4v) is 3.85. The first-order valence-corrected chi connectivity index (χ1v) is 10.8. The van der Waals surface area contributed by atoms with E-state index in [0.29, 0.717) is 0 Å². The van der Waals surface area contributed by atoms with Crippen molar-refractivity contribution in [2.45, 2.75) is 20.8 Å². The number of benzene rings is 3. The summed E-state index contributed by atoms with van der Waals surface area (Å²) in [7, 11) is 1.07. The number of carboxylic acid groups (broad SMARTS) is 1. The van der Waals surface area contributed by atoms with Crippen molar-refractivity contribution in [2.24, 2.45) is 0 Å². The van der Waals surface area contributed by atoms with E-state index in [1.54, 1.807) is 0 Å². The van der Waals surface area contributed by atoms with Crippen LogP contribution in [0.15, 0.2) is 30.3 Å². The SMILES string of the molecule is COC(=O)c1c(O)cc(O)c(C(=O)Oc2cc(C)c(C(=O)Oc3cc(C)c(C(=O)O)c(O)c3)c(O)c2)c1C. The summed E-state index contributed by atoms with van der Waals surface area (Å²) in [6.07, 6.45) is 0. The van der Waals surface area contributed by atoms with Crippen LogP contribution < -0.4 is 9.47 Å². The van der Waals surface area contributed by atoms with Crippen molar-refractivity contribution in [3.05, 3.63) is 69.3 Å². The molecule has 0 atom stereocenters. The second kappa shape index (κ2) is 10.4. The maximum Gasteiger partial charge on any atom is 0.347 e. The first-order valence-electron chi connectivity index (χ1n) is 10.8. The minimum atomic E-state index is -1.37. The van der Waals surface area contributed by atoms with Gasteiger partial charge in [-0.2, -0.15) is 0 Å². The summed E-state index contributed by atoms with van der Waals surface area (Å²) >= 11 is 0. The summed E-state index contributed by atoms with van der Waals surface area (Å²) < 4.78 is 15.0. The van der Waals surface area contributed by atoms with Crippen molar-refractivity contribution in [3.63, 3.8) is 0 Å². The molecule has 0 saturated carbocycles. The van der Waals surface area contributed by atoms with E-state index in [1.807, 2.05) is 0 Å². The van der Waals surface area contributed by atoms with Gasteiger partial charge < -0.3 is 39.7 Å². The number of ether oxygens (including phenoxy) is 3. The van der Waals surface area contributed by atoms with E-state index in [-0.39, 0.29) is 44.9 Å². The Balaban J connectivity index is 1.90. The van der Waals surface area contributed by atoms with Crippen molar-refractivity contribution < 1.29 is 58.9 Å². The zero-order valence-electron chi connectivity index (χ0n) is 20.5. The number of aromatic carboxylic acids is 1. The second-order valence-electron chi connectivity index (χ2n) is 8.13. The molecule has 38 heavy (non-hydrogen) atoms. The van der Waals surface area contributed by atoms with Crippen LogP contribution in [0.25, 0.3) is 0 Å². The third-order valence-corrected chi connectivity index (χ3v) is 5.54. The molecule has 0 aliphatic rings. The van der Waals surface area contributed by atoms with Crippen molar-refractivity contribution in [1.29, 1.82) is 0 Å². The van der Waals surface area contributed by atoms with Gasteiger partial charge in [0.1, 0.15) is 56.8 Å². The van der Waals surface area contributed by atoms with Gasteiger partial charge in [-0.3, -0.25) is 0 Å². The molecule has 5 N–H and O–H groups in total. The molecule has 0 unspecified atom stereocenters. The molecule has 0 radical (unpaired) electrons. The van der Waals surface area contributed by atoms with Crippen LogP contribution in [0.5, 0.6) is 34.5 Å². The number of aryl methyl sites for hydroxylation is 2. The van der Waals surface area contributed by atoms with Gasteiger partial charge >= 0.3 is 23.9 Å². The number of carbonyl (C=O) groups excluding carboxylic acids is 3. The largest absolute Gasteiger partial charge is 0.507 e. The molecule has 0 bridgehead atoms. The van der Waals surface area contributed by atoms with E-state index in [4.69, 9.17) is 14.6 Å². The summed E-state index contributed by atoms with van der Waals surface area (Å²) in [5.74, 6) is -7.45. The van der Waals surface area contributed by atoms with Crippen LogP contribution in [0, 0.1) is 20.8 Å². The van der Waals surface area contributed by atoms with Crippen LogP contribution in [0.4, 0.5) is 0 Å². The third-order valence-electron chi connectivity index (χ3n) is 5.54. The number of aromatic hydroxyl groups is 4. The molecule has 3 aromatic rings. The van der Waals surface area contributed by atoms with Gasteiger partial charge in [-0.15, -0.1) is 0 Å². The fourth-order valence-electron chi connectivity index (χ4n) is 3.85. The quantitative estimate of drug-likeness (QED) is 0.232. The number of phenols is 4. The highest BCUT2D eigenvalue weighted by molar-refractivity contribution is 6.02. The van der Waals surface area contributed by atoms with E-state index in [1.165, 1.54) is 32.9 Å². The van der Waals surface area contributed by atoms with E-state index in [0.717, 1.165) is 25.3 Å². The van der Waals surface area contributed by atoms with Crippen molar-refractivity contribution in [3.8, 4) is 34.5 Å². The third kappa shape index (κ3) is 5.14. The zero-order chi connectivity index (χ0) is 28.5. The first-order chi connectivity index (χ1) is 17.8. The molecule has 0 spiro atoms. The second-order valence-corrected chi connectivity index (χ2v) is 8.13. The van der Waals surface area contributed by atoms with Gasteiger partial charge in [0, 0.05) is 18.2 Å². The predicted octanol–water partition coefficient (Wildman–Crippen LogP) is 3.36. The molecule has 198 valence electrons. The number of esters is 3. The summed E-state index contributed by atoms with van der Waals surface area (Å²) in [4.78, 5) is 48.7. The number of hydrogen-bond donors (Lipinski definition) is 5. The molecule has 0 aliphatic carbocycles. The molecule has 3 aromatic carbocycles. The lowest BCUT2D eigenvalue weighted by Gasteiger charge is -2.15. The number of hydrogen-bond acceptors (Lipinski definition) is 11. The van der Waals surface area contributed by atoms with E-state index in [9.17, 15) is 39.6 Å². The highest BCUT2D eigenvalue weighted by Gasteiger charge is 2.27. The lowest BCUT2D eigenvalue weighted by Crippen LogP contribution is -2.15. The number of phenolic OH excluding ortho intramolecular Hbond substituents is 3. The molecule has 12 heteroatoms. The molecule has 0 heterocycles. The number of methoxy groups -OCH3 is 1. The smallest absolute Gasteiger partial charge is 0.347 e. The molecule has 0 amide bonds. The van der Waals surface area contributed by atoms with Gasteiger partial charge in [0.2, 0.25) is 0 Å². The molecular formula is C26H22O12. The van der Waals surface area contributed by atoms with Crippen LogP contribution in [-0.2, 0) is 4.74 Å². The van der Waals surface area contributed by atoms with Crippen LogP contribution in [0.2, 0.25) is 0 Å². The highest BCUT2D eigenvalue weighted by atomic mass is 16.5. The summed E-state index contributed by atoms with van der Waals surface area (Å²) in [5.41, 5.74) is -1.33. The monoisotopic (exact) mass is 526 g/mol. The molecular weight excluding hydrogens is 504 g/mol. The normalized spacial score (nSPS) is 10.5. The Morgan fingerprint density at radius 2 is 0.974 bits per heavy atom. The topological polar surface area (TPSA) is 197 Å². The highest BCUT2D eigenvalue weighted by Crippen LogP contribution is 2.35. The fraction of sp³-hybridized carbons (Fsp3) is 0.154. The number of carboxylic acids is 1. The van der Waals surface area contributed by atoms with Gasteiger partial charge in [-0.25, -0.2) is 19.2 Å². The minimum absolute atomic E-state index is 0.114. The Labute approximate surface area is 214 Å². The van der Waals surface area contributed by atoms with E-state index >= 15 is 0 Å². The number of rotatable bonds is 6. The molecule has 12 nitrogen and oxygen atoms in total. The van der Waals surface area contributed by atoms with Crippen molar-refractivity contribution >= 4 is 23.9 Å². The van der Waals surface area contributed by atoms with Crippen LogP contribution in [-0.4, -0.2) is 56.5 Å². The van der Waals surface area contributed by atoms with Crippen LogP contribution >= 0.6 is 0 Å². The van der Waals surface area contributed by atoms with Gasteiger partial charge in [0.15, 0.2) is 0 Å². The Morgan fingerprint density at radius 3 is 1.39 bits per heavy atom. The Kier molecular flexibility index (Phi) is 7.47. The van der Waals surface area contributed by atoms with Gasteiger partial charge in [0.05, 0.1) is 7.11 Å². The first kappa shape index (κ1) is 27.3. The zero-order valence-corrected chi connectivity index (χ0v) is 20.5. The number of carbonyl (C=O) groups is 4. The lowest BCUT2D eigenvalue weighted by atomic mass is 10.00. The molecule has 0 aliphatic heterocycles. The minimum Gasteiger partial charge on any atom is -0.507 e. The molecule has 3 rings (SSSR count). The average Bonchev–Trinajstić information content (AvgIpc) is 2.77. The van der Waals surface area contributed by atoms with Crippen molar-refractivity contribution in [1.82, 2.24) is 0 Å². The predicted molar refractivity (Wildman–Crippen MR) is 128 cm³/mol. The molecule has 0 fully saturated rings. The summed E-state index contributed by atoms with van der Waals surface area (Å²) in [5, 5.41) is 49.7. The molecule has 0 aromatic heterocycles. The average molecular weight is 526 g/mol. The van der Waals surface area contributed by atoms with Gasteiger partial charge in [-0.1, -0.05) is 0 Å². The van der Waals surface area contributed by atoms with Crippen LogP contribution in [0.1, 0.15) is 58.1 Å². The maximum atomic E-state index is 12.8. The van der Waals surface area contributed by atoms with Crippen LogP contribution in [0.3, 0.4) is 0 Å². The Bertz CT molecular complexity index is 1460. The van der Waals surface area contributed by atoms with Gasteiger partial charge in [-0.05, 0) is 49.6 Å². The van der Waals surface area contributed by atoms with Crippen molar-refractivity contribution in [2.75, 3.05) is 7.11 Å². The lowest BCUT2D eigenvalue weighted by molar-refractivity contribution is 0.0594.